The number of nitrogens with one attached hydrogen (secondary N) is 1. The van der Waals surface area contributed by atoms with Crippen LogP contribution in [-0.2, 0) is 6.54 Å². The topological polar surface area (TPSA) is 54.2 Å². The van der Waals surface area contributed by atoms with Gasteiger partial charge in [0.15, 0.2) is 5.82 Å². The molecular weight excluding hydrogens is 252 g/mol. The van der Waals surface area contributed by atoms with Crippen molar-refractivity contribution in [3.63, 3.8) is 0 Å². The van der Waals surface area contributed by atoms with Crippen molar-refractivity contribution in [2.45, 2.75) is 58.0 Å². The third kappa shape index (κ3) is 3.58. The number of hydrogen-bond acceptors (Lipinski definition) is 5. The van der Waals surface area contributed by atoms with Gasteiger partial charge in [-0.2, -0.15) is 4.98 Å². The molecule has 1 aliphatic heterocycles. The Bertz CT molecular complexity index is 421. The highest BCUT2D eigenvalue weighted by molar-refractivity contribution is 4.94. The smallest absolute Gasteiger partial charge is 0.229 e. The molecule has 0 spiro atoms. The summed E-state index contributed by atoms with van der Waals surface area (Å²) in [6.45, 7) is 8.56. The van der Waals surface area contributed by atoms with Crippen LogP contribution in [-0.4, -0.2) is 40.7 Å². The van der Waals surface area contributed by atoms with Crippen molar-refractivity contribution >= 4 is 0 Å². The molecule has 0 unspecified atom stereocenters. The van der Waals surface area contributed by atoms with E-state index in [2.05, 4.69) is 34.2 Å². The lowest BCUT2D eigenvalue weighted by molar-refractivity contribution is 0.184. The van der Waals surface area contributed by atoms with Crippen LogP contribution in [0, 0.1) is 5.92 Å². The summed E-state index contributed by atoms with van der Waals surface area (Å²) < 4.78 is 5.32. The van der Waals surface area contributed by atoms with Crippen LogP contribution in [0.4, 0.5) is 0 Å². The number of hydrogen-bond donors (Lipinski definition) is 1. The van der Waals surface area contributed by atoms with Crippen molar-refractivity contribution in [3.05, 3.63) is 11.7 Å². The molecule has 0 atom stereocenters. The number of rotatable bonds is 6. The van der Waals surface area contributed by atoms with Gasteiger partial charge in [0.05, 0.1) is 6.54 Å². The first-order valence-corrected chi connectivity index (χ1v) is 7.99. The van der Waals surface area contributed by atoms with Gasteiger partial charge in [0.1, 0.15) is 0 Å². The molecule has 5 heteroatoms. The first kappa shape index (κ1) is 14.0. The lowest BCUT2D eigenvalue weighted by atomic mass is 9.97. The highest BCUT2D eigenvalue weighted by Gasteiger charge is 2.32. The highest BCUT2D eigenvalue weighted by Crippen LogP contribution is 2.30. The van der Waals surface area contributed by atoms with Gasteiger partial charge in [-0.25, -0.2) is 0 Å². The number of nitrogens with zero attached hydrogens (tertiary/aromatic N) is 3. The fraction of sp³-hybridized carbons (Fsp3) is 0.867. The molecule has 0 aromatic carbocycles. The molecule has 2 fully saturated rings. The average molecular weight is 278 g/mol. The van der Waals surface area contributed by atoms with Gasteiger partial charge in [-0.05, 0) is 44.7 Å². The third-order valence-electron chi connectivity index (χ3n) is 4.34. The van der Waals surface area contributed by atoms with E-state index in [-0.39, 0.29) is 0 Å². The molecule has 1 N–H and O–H groups in total. The van der Waals surface area contributed by atoms with E-state index in [4.69, 9.17) is 4.52 Å². The molecule has 1 saturated heterocycles. The molecule has 0 amide bonds. The van der Waals surface area contributed by atoms with E-state index in [0.29, 0.717) is 5.92 Å². The third-order valence-corrected chi connectivity index (χ3v) is 4.34. The van der Waals surface area contributed by atoms with Crippen molar-refractivity contribution in [2.24, 2.45) is 5.92 Å². The molecule has 1 aromatic rings. The Morgan fingerprint density at radius 2 is 2.00 bits per heavy atom. The molecule has 1 aliphatic carbocycles. The van der Waals surface area contributed by atoms with Crippen molar-refractivity contribution in [1.82, 2.24) is 20.4 Å². The lowest BCUT2D eigenvalue weighted by Crippen LogP contribution is -2.37. The maximum atomic E-state index is 5.32. The number of piperidine rings is 1. The fourth-order valence-electron chi connectivity index (χ4n) is 2.93. The summed E-state index contributed by atoms with van der Waals surface area (Å²) in [7, 11) is 0. The first-order valence-electron chi connectivity index (χ1n) is 7.99. The van der Waals surface area contributed by atoms with Crippen LogP contribution in [0.1, 0.15) is 57.2 Å². The van der Waals surface area contributed by atoms with Gasteiger partial charge in [-0.1, -0.05) is 19.0 Å². The van der Waals surface area contributed by atoms with Crippen molar-refractivity contribution in [3.8, 4) is 0 Å². The molecule has 3 rings (SSSR count). The van der Waals surface area contributed by atoms with Crippen LogP contribution < -0.4 is 5.32 Å². The molecule has 2 heterocycles. The zero-order valence-corrected chi connectivity index (χ0v) is 12.6. The Labute approximate surface area is 121 Å². The van der Waals surface area contributed by atoms with Crippen LogP contribution >= 0.6 is 0 Å². The monoisotopic (exact) mass is 278 g/mol. The Morgan fingerprint density at radius 1 is 1.25 bits per heavy atom. The summed E-state index contributed by atoms with van der Waals surface area (Å²) in [5.41, 5.74) is 0. The predicted molar refractivity (Wildman–Crippen MR) is 77.4 cm³/mol. The summed E-state index contributed by atoms with van der Waals surface area (Å²) >= 11 is 0. The summed E-state index contributed by atoms with van der Waals surface area (Å²) in [6, 6.07) is 0.755. The first-order chi connectivity index (χ1) is 9.72. The minimum Gasteiger partial charge on any atom is -0.339 e. The Kier molecular flexibility index (Phi) is 4.36. The second-order valence-corrected chi connectivity index (χ2v) is 6.56. The van der Waals surface area contributed by atoms with E-state index in [1.165, 1.54) is 45.3 Å². The summed E-state index contributed by atoms with van der Waals surface area (Å²) in [6.07, 6.45) is 5.26. The summed E-state index contributed by atoms with van der Waals surface area (Å²) in [4.78, 5) is 7.10. The largest absolute Gasteiger partial charge is 0.339 e. The maximum Gasteiger partial charge on any atom is 0.229 e. The Morgan fingerprint density at radius 3 is 2.60 bits per heavy atom. The van der Waals surface area contributed by atoms with Gasteiger partial charge in [0.25, 0.3) is 0 Å². The summed E-state index contributed by atoms with van der Waals surface area (Å²) in [5, 5.41) is 7.58. The van der Waals surface area contributed by atoms with E-state index < -0.39 is 0 Å². The summed E-state index contributed by atoms with van der Waals surface area (Å²) in [5.74, 6) is 2.76. The lowest BCUT2D eigenvalue weighted by Gasteiger charge is -2.29. The zero-order valence-electron chi connectivity index (χ0n) is 12.6. The SMILES string of the molecule is CC(C)c1nc(CN(CC2CCNCC2)C2CC2)no1. The second kappa shape index (κ2) is 6.22. The molecule has 0 radical (unpaired) electrons. The minimum atomic E-state index is 0.315. The van der Waals surface area contributed by atoms with Gasteiger partial charge < -0.3 is 9.84 Å². The van der Waals surface area contributed by atoms with Crippen LogP contribution in [0.2, 0.25) is 0 Å². The van der Waals surface area contributed by atoms with Gasteiger partial charge in [-0.3, -0.25) is 4.90 Å². The number of aromatic nitrogens is 2. The molecule has 0 bridgehead atoms. The molecule has 1 aromatic heterocycles. The van der Waals surface area contributed by atoms with Crippen LogP contribution in [0.5, 0.6) is 0 Å². The van der Waals surface area contributed by atoms with E-state index in [9.17, 15) is 0 Å². The Hall–Kier alpha value is -0.940. The normalized spacial score (nSPS) is 21.0. The fourth-order valence-corrected chi connectivity index (χ4v) is 2.93. The second-order valence-electron chi connectivity index (χ2n) is 6.56. The van der Waals surface area contributed by atoms with Crippen molar-refractivity contribution in [1.29, 1.82) is 0 Å². The van der Waals surface area contributed by atoms with Gasteiger partial charge in [-0.15, -0.1) is 0 Å². The maximum absolute atomic E-state index is 5.32. The molecule has 5 nitrogen and oxygen atoms in total. The van der Waals surface area contributed by atoms with Crippen LogP contribution in [0.25, 0.3) is 0 Å². The minimum absolute atomic E-state index is 0.315. The zero-order chi connectivity index (χ0) is 13.9. The van der Waals surface area contributed by atoms with E-state index in [1.54, 1.807) is 0 Å². The van der Waals surface area contributed by atoms with Gasteiger partial charge >= 0.3 is 0 Å². The highest BCUT2D eigenvalue weighted by atomic mass is 16.5. The molecule has 1 saturated carbocycles. The van der Waals surface area contributed by atoms with Crippen molar-refractivity contribution < 1.29 is 4.52 Å². The van der Waals surface area contributed by atoms with Crippen LogP contribution in [0.15, 0.2) is 4.52 Å². The molecule has 20 heavy (non-hydrogen) atoms. The average Bonchev–Trinajstić information content (AvgIpc) is 3.19. The van der Waals surface area contributed by atoms with E-state index >= 15 is 0 Å². The predicted octanol–water partition coefficient (Wildman–Crippen LogP) is 2.16. The van der Waals surface area contributed by atoms with Gasteiger partial charge in [0.2, 0.25) is 5.89 Å². The standard InChI is InChI=1S/C15H26N4O/c1-11(2)15-17-14(18-20-15)10-19(13-3-4-13)9-12-5-7-16-8-6-12/h11-13,16H,3-10H2,1-2H3. The molecule has 112 valence electrons. The van der Waals surface area contributed by atoms with E-state index in [1.807, 2.05) is 0 Å². The van der Waals surface area contributed by atoms with Gasteiger partial charge in [0, 0.05) is 18.5 Å². The molecule has 2 aliphatic rings. The van der Waals surface area contributed by atoms with E-state index in [0.717, 1.165) is 30.2 Å². The Balaban J connectivity index is 1.58. The van der Waals surface area contributed by atoms with Crippen LogP contribution in [0.3, 0.4) is 0 Å². The molecular formula is C15H26N4O. The quantitative estimate of drug-likeness (QED) is 0.864. The van der Waals surface area contributed by atoms with Crippen molar-refractivity contribution in [2.75, 3.05) is 19.6 Å².